The Labute approximate surface area is 474 Å². The summed E-state index contributed by atoms with van der Waals surface area (Å²) in [5.74, 6) is -0.988. The minimum Gasteiger partial charge on any atom is -0.462 e. The van der Waals surface area contributed by atoms with Crippen LogP contribution in [0.25, 0.3) is 0 Å². The first-order valence-corrected chi connectivity index (χ1v) is 31.3. The first-order valence-electron chi connectivity index (χ1n) is 31.3. The maximum atomic E-state index is 12.9. The van der Waals surface area contributed by atoms with Crippen LogP contribution in [0.1, 0.15) is 265 Å². The summed E-state index contributed by atoms with van der Waals surface area (Å²) in [6, 6.07) is 0. The van der Waals surface area contributed by atoms with Crippen molar-refractivity contribution < 1.29 is 28.6 Å². The quantitative estimate of drug-likeness (QED) is 0.0261. The zero-order chi connectivity index (χ0) is 55.7. The molecule has 6 nitrogen and oxygen atoms in total. The van der Waals surface area contributed by atoms with Crippen molar-refractivity contribution in [3.63, 3.8) is 0 Å². The highest BCUT2D eigenvalue weighted by Crippen LogP contribution is 2.15. The lowest BCUT2D eigenvalue weighted by atomic mass is 10.0. The second-order valence-electron chi connectivity index (χ2n) is 20.2. The van der Waals surface area contributed by atoms with Gasteiger partial charge in [0.1, 0.15) is 13.2 Å². The fourth-order valence-corrected chi connectivity index (χ4v) is 8.22. The monoisotopic (exact) mass is 1060 g/mol. The maximum absolute atomic E-state index is 12.9. The highest BCUT2D eigenvalue weighted by molar-refractivity contribution is 5.71. The van der Waals surface area contributed by atoms with Gasteiger partial charge in [0.05, 0.1) is 0 Å². The zero-order valence-corrected chi connectivity index (χ0v) is 49.7. The molecule has 0 bridgehead atoms. The molecule has 0 aliphatic heterocycles. The number of hydrogen-bond acceptors (Lipinski definition) is 6. The molecule has 0 N–H and O–H groups in total. The van der Waals surface area contributed by atoms with Gasteiger partial charge in [-0.05, 0) is 116 Å². The molecule has 0 aliphatic rings. The van der Waals surface area contributed by atoms with E-state index in [1.807, 2.05) is 0 Å². The molecular weight excluding hydrogens is 949 g/mol. The van der Waals surface area contributed by atoms with E-state index >= 15 is 0 Å². The molecule has 1 unspecified atom stereocenters. The molecule has 1 atom stereocenters. The molecule has 0 saturated heterocycles. The lowest BCUT2D eigenvalue weighted by molar-refractivity contribution is -0.167. The second kappa shape index (κ2) is 63.8. The van der Waals surface area contributed by atoms with E-state index in [0.717, 1.165) is 141 Å². The predicted molar refractivity (Wildman–Crippen MR) is 334 cm³/mol. The Morgan fingerprint density at radius 2 is 0.519 bits per heavy atom. The van der Waals surface area contributed by atoms with Gasteiger partial charge in [0.15, 0.2) is 6.10 Å². The SMILES string of the molecule is CC/C=C\C/C=C\C/C=C\C/C=C\C/C=C\C/C=C\C/C=C\CCCC(=O)OCC(COC(=O)CCCCCCCCCCCCCCCCC)OC(=O)CCCCCCC/C=C\C/C=C\C/C=C\C/C=C\C/C=C\CC. The molecule has 0 saturated carbocycles. The largest absolute Gasteiger partial charge is 0.462 e. The van der Waals surface area contributed by atoms with Crippen molar-refractivity contribution in [2.75, 3.05) is 13.2 Å². The van der Waals surface area contributed by atoms with Crippen molar-refractivity contribution in [2.45, 2.75) is 271 Å². The fourth-order valence-electron chi connectivity index (χ4n) is 8.22. The van der Waals surface area contributed by atoms with Crippen molar-refractivity contribution in [3.8, 4) is 0 Å². The Kier molecular flexibility index (Phi) is 59.9. The summed E-state index contributed by atoms with van der Waals surface area (Å²) in [5.41, 5.74) is 0. The van der Waals surface area contributed by atoms with E-state index in [2.05, 4.69) is 167 Å². The predicted octanol–water partition coefficient (Wildman–Crippen LogP) is 21.5. The average molecular weight is 1060 g/mol. The highest BCUT2D eigenvalue weighted by Gasteiger charge is 2.19. The molecule has 434 valence electrons. The number of esters is 3. The smallest absolute Gasteiger partial charge is 0.306 e. The summed E-state index contributed by atoms with van der Waals surface area (Å²) >= 11 is 0. The molecule has 0 radical (unpaired) electrons. The van der Waals surface area contributed by atoms with Crippen molar-refractivity contribution >= 4 is 17.9 Å². The molecule has 0 aromatic carbocycles. The average Bonchev–Trinajstić information content (AvgIpc) is 3.43. The van der Waals surface area contributed by atoms with Crippen LogP contribution in [0.3, 0.4) is 0 Å². The van der Waals surface area contributed by atoms with Crippen molar-refractivity contribution in [1.82, 2.24) is 0 Å². The van der Waals surface area contributed by atoms with E-state index in [0.29, 0.717) is 12.8 Å². The molecule has 0 heterocycles. The zero-order valence-electron chi connectivity index (χ0n) is 49.7. The summed E-state index contributed by atoms with van der Waals surface area (Å²) in [4.78, 5) is 38.3. The van der Waals surface area contributed by atoms with Gasteiger partial charge in [-0.3, -0.25) is 14.4 Å². The maximum Gasteiger partial charge on any atom is 0.306 e. The topological polar surface area (TPSA) is 78.9 Å². The summed E-state index contributed by atoms with van der Waals surface area (Å²) < 4.78 is 16.9. The first-order chi connectivity index (χ1) is 38.0. The number of carbonyl (C=O) groups excluding carboxylic acids is 3. The van der Waals surface area contributed by atoms with E-state index in [-0.39, 0.29) is 44.0 Å². The molecule has 0 fully saturated rings. The van der Waals surface area contributed by atoms with Gasteiger partial charge in [-0.15, -0.1) is 0 Å². The normalized spacial score (nSPS) is 13.1. The van der Waals surface area contributed by atoms with Crippen LogP contribution in [-0.2, 0) is 28.6 Å². The fraction of sp³-hybridized carbons (Fsp3) is 0.620. The number of allylic oxidation sites excluding steroid dienone is 24. The number of ether oxygens (including phenoxy) is 3. The van der Waals surface area contributed by atoms with E-state index in [1.165, 1.54) is 77.0 Å². The molecule has 0 rings (SSSR count). The van der Waals surface area contributed by atoms with Crippen LogP contribution >= 0.6 is 0 Å². The molecule has 6 heteroatoms. The Bertz CT molecular complexity index is 1700. The van der Waals surface area contributed by atoms with E-state index in [1.54, 1.807) is 0 Å². The van der Waals surface area contributed by atoms with Crippen molar-refractivity contribution in [3.05, 3.63) is 146 Å². The Hall–Kier alpha value is -4.71. The third kappa shape index (κ3) is 62.0. The number of carbonyl (C=O) groups is 3. The molecule has 0 aliphatic carbocycles. The van der Waals surface area contributed by atoms with E-state index in [4.69, 9.17) is 14.2 Å². The minimum absolute atomic E-state index is 0.107. The van der Waals surface area contributed by atoms with E-state index in [9.17, 15) is 14.4 Å². The van der Waals surface area contributed by atoms with E-state index < -0.39 is 6.10 Å². The third-order valence-corrected chi connectivity index (χ3v) is 12.8. The van der Waals surface area contributed by atoms with Crippen LogP contribution in [0.4, 0.5) is 0 Å². The molecule has 0 aromatic heterocycles. The van der Waals surface area contributed by atoms with Crippen LogP contribution < -0.4 is 0 Å². The van der Waals surface area contributed by atoms with Gasteiger partial charge >= 0.3 is 17.9 Å². The standard InChI is InChI=1S/C71H114O6/c1-4-7-10-13-16-19-22-25-28-30-32-34-35-37-38-40-43-46-49-52-55-58-61-64-70(73)76-67-68(66-75-69(72)63-60-57-54-51-48-45-42-27-24-21-18-15-12-9-6-3)77-71(74)65-62-59-56-53-50-47-44-41-39-36-33-31-29-26-23-20-17-14-11-8-5-2/h7-8,10-11,16-17,19-20,25-26,28-29,32-34,36-38,41,43-44,46,52,55,68H,4-6,9,12-15,18,21-24,27,30-31,35,39-40,42,45,47-51,53-54,56-67H2,1-3H3/b10-7-,11-8-,19-16-,20-17-,28-25-,29-26-,34-32-,36-33-,38-37-,44-41-,46-43-,55-52-. The number of rotatable bonds is 55. The summed E-state index contributed by atoms with van der Waals surface area (Å²) in [6.07, 6.45) is 91.3. The summed E-state index contributed by atoms with van der Waals surface area (Å²) in [5, 5.41) is 0. The second-order valence-corrected chi connectivity index (χ2v) is 20.2. The first kappa shape index (κ1) is 72.3. The van der Waals surface area contributed by atoms with Crippen LogP contribution in [0.5, 0.6) is 0 Å². The van der Waals surface area contributed by atoms with Gasteiger partial charge in [-0.25, -0.2) is 0 Å². The molecule has 0 spiro atoms. The molecular formula is C71H114O6. The van der Waals surface area contributed by atoms with Gasteiger partial charge in [-0.2, -0.15) is 0 Å². The van der Waals surface area contributed by atoms with Crippen molar-refractivity contribution in [2.24, 2.45) is 0 Å². The van der Waals surface area contributed by atoms with Gasteiger partial charge < -0.3 is 14.2 Å². The Morgan fingerprint density at radius 3 is 0.844 bits per heavy atom. The Balaban J connectivity index is 4.54. The van der Waals surface area contributed by atoms with Crippen LogP contribution in [0, 0.1) is 0 Å². The van der Waals surface area contributed by atoms with Gasteiger partial charge in [-0.1, -0.05) is 276 Å². The molecule has 77 heavy (non-hydrogen) atoms. The third-order valence-electron chi connectivity index (χ3n) is 12.8. The van der Waals surface area contributed by atoms with Gasteiger partial charge in [0, 0.05) is 19.3 Å². The van der Waals surface area contributed by atoms with Gasteiger partial charge in [0.25, 0.3) is 0 Å². The van der Waals surface area contributed by atoms with Gasteiger partial charge in [0.2, 0.25) is 0 Å². The van der Waals surface area contributed by atoms with Crippen LogP contribution in [-0.4, -0.2) is 37.2 Å². The summed E-state index contributed by atoms with van der Waals surface area (Å²) in [7, 11) is 0. The number of unbranched alkanes of at least 4 members (excludes halogenated alkanes) is 20. The molecule has 0 aromatic rings. The lowest BCUT2D eigenvalue weighted by Gasteiger charge is -2.18. The van der Waals surface area contributed by atoms with Crippen LogP contribution in [0.15, 0.2) is 146 Å². The summed E-state index contributed by atoms with van der Waals surface area (Å²) in [6.45, 7) is 6.36. The molecule has 0 amide bonds. The highest BCUT2D eigenvalue weighted by atomic mass is 16.6. The minimum atomic E-state index is -0.818. The number of hydrogen-bond donors (Lipinski definition) is 0. The lowest BCUT2D eigenvalue weighted by Crippen LogP contribution is -2.30. The van der Waals surface area contributed by atoms with Crippen LogP contribution in [0.2, 0.25) is 0 Å². The Morgan fingerprint density at radius 1 is 0.273 bits per heavy atom. The van der Waals surface area contributed by atoms with Crippen molar-refractivity contribution in [1.29, 1.82) is 0 Å².